The Morgan fingerprint density at radius 2 is 1.66 bits per heavy atom. The van der Waals surface area contributed by atoms with E-state index in [9.17, 15) is 0 Å². The molecule has 1 atom stereocenters. The molecule has 29 heavy (non-hydrogen) atoms. The van der Waals surface area contributed by atoms with Crippen molar-refractivity contribution in [1.29, 1.82) is 0 Å². The number of thioether (sulfide) groups is 1. The molecule has 0 N–H and O–H groups in total. The Kier molecular flexibility index (Phi) is 6.63. The maximum absolute atomic E-state index is 6.00. The number of para-hydroxylation sites is 2. The number of hydrogen-bond donors (Lipinski definition) is 0. The summed E-state index contributed by atoms with van der Waals surface area (Å²) in [6.07, 6.45) is 0.999. The number of anilines is 1. The van der Waals surface area contributed by atoms with E-state index in [2.05, 4.69) is 60.4 Å². The molecule has 3 aromatic rings. The molecule has 3 aromatic carbocycles. The molecule has 4 rings (SSSR count). The van der Waals surface area contributed by atoms with Gasteiger partial charge in [-0.15, -0.1) is 11.8 Å². The van der Waals surface area contributed by atoms with Crippen molar-refractivity contribution in [3.63, 3.8) is 0 Å². The van der Waals surface area contributed by atoms with E-state index in [1.165, 1.54) is 16.1 Å². The van der Waals surface area contributed by atoms with Crippen LogP contribution in [0.3, 0.4) is 0 Å². The van der Waals surface area contributed by atoms with Crippen molar-refractivity contribution in [2.75, 3.05) is 30.3 Å². The van der Waals surface area contributed by atoms with Crippen molar-refractivity contribution >= 4 is 17.4 Å². The van der Waals surface area contributed by atoms with E-state index in [1.54, 1.807) is 0 Å². The molecule has 0 aliphatic carbocycles. The molecular formula is C25H27NO2S. The highest BCUT2D eigenvalue weighted by atomic mass is 32.2. The Morgan fingerprint density at radius 3 is 2.48 bits per heavy atom. The summed E-state index contributed by atoms with van der Waals surface area (Å²) in [6.45, 7) is 4.77. The summed E-state index contributed by atoms with van der Waals surface area (Å²) in [6, 6.07) is 27.0. The fourth-order valence-electron chi connectivity index (χ4n) is 3.56. The lowest BCUT2D eigenvalue weighted by atomic mass is 10.1. The van der Waals surface area contributed by atoms with Gasteiger partial charge in [0.2, 0.25) is 0 Å². The maximum Gasteiger partial charge on any atom is 0.119 e. The zero-order chi connectivity index (χ0) is 19.9. The summed E-state index contributed by atoms with van der Waals surface area (Å²) in [5, 5.41) is 0. The van der Waals surface area contributed by atoms with Crippen LogP contribution < -0.4 is 14.4 Å². The second-order valence-electron chi connectivity index (χ2n) is 7.24. The fourth-order valence-corrected chi connectivity index (χ4v) is 4.61. The Hall–Kier alpha value is -2.59. The number of benzene rings is 3. The molecule has 0 fully saturated rings. The van der Waals surface area contributed by atoms with Gasteiger partial charge in [-0.3, -0.25) is 0 Å². The third-order valence-corrected chi connectivity index (χ3v) is 6.02. The third-order valence-electron chi connectivity index (χ3n) is 4.98. The summed E-state index contributed by atoms with van der Waals surface area (Å²) in [5.74, 6) is 2.97. The Bertz CT molecular complexity index is 898. The molecule has 1 aliphatic rings. The van der Waals surface area contributed by atoms with Crippen LogP contribution in [0.5, 0.6) is 11.5 Å². The molecule has 150 valence electrons. The second kappa shape index (κ2) is 9.75. The van der Waals surface area contributed by atoms with Gasteiger partial charge in [0.1, 0.15) is 18.1 Å². The van der Waals surface area contributed by atoms with Crippen molar-refractivity contribution in [2.24, 2.45) is 0 Å². The summed E-state index contributed by atoms with van der Waals surface area (Å²) >= 11 is 1.94. The van der Waals surface area contributed by atoms with Crippen molar-refractivity contribution in [2.45, 2.75) is 24.3 Å². The van der Waals surface area contributed by atoms with Gasteiger partial charge < -0.3 is 14.4 Å². The average molecular weight is 406 g/mol. The van der Waals surface area contributed by atoms with Crippen molar-refractivity contribution in [3.8, 4) is 11.5 Å². The first kappa shape index (κ1) is 19.7. The Labute approximate surface area is 177 Å². The summed E-state index contributed by atoms with van der Waals surface area (Å²) in [5.41, 5.74) is 2.58. The summed E-state index contributed by atoms with van der Waals surface area (Å²) in [4.78, 5) is 3.79. The molecule has 0 aromatic heterocycles. The molecule has 0 saturated heterocycles. The molecular weight excluding hydrogens is 378 g/mol. The van der Waals surface area contributed by atoms with Crippen LogP contribution in [0, 0.1) is 0 Å². The SMILES string of the molecule is CC(Cc1ccc(OCCN2CCSc3ccccc32)cc1)Oc1ccccc1. The van der Waals surface area contributed by atoms with Gasteiger partial charge >= 0.3 is 0 Å². The summed E-state index contributed by atoms with van der Waals surface area (Å²) in [7, 11) is 0. The van der Waals surface area contributed by atoms with Gasteiger partial charge in [-0.2, -0.15) is 0 Å². The van der Waals surface area contributed by atoms with Gasteiger partial charge in [-0.1, -0.05) is 42.5 Å². The molecule has 0 spiro atoms. The lowest BCUT2D eigenvalue weighted by molar-refractivity contribution is 0.222. The fraction of sp³-hybridized carbons (Fsp3) is 0.280. The zero-order valence-electron chi connectivity index (χ0n) is 16.8. The van der Waals surface area contributed by atoms with Crippen LogP contribution in [0.1, 0.15) is 12.5 Å². The minimum atomic E-state index is 0.126. The van der Waals surface area contributed by atoms with Gasteiger partial charge in [-0.05, 0) is 48.9 Å². The minimum Gasteiger partial charge on any atom is -0.492 e. The van der Waals surface area contributed by atoms with Crippen molar-refractivity contribution in [1.82, 2.24) is 0 Å². The predicted octanol–water partition coefficient (Wildman–Crippen LogP) is 5.69. The van der Waals surface area contributed by atoms with Gasteiger partial charge in [0.25, 0.3) is 0 Å². The van der Waals surface area contributed by atoms with Crippen LogP contribution >= 0.6 is 11.8 Å². The Morgan fingerprint density at radius 1 is 0.897 bits per heavy atom. The molecule has 1 unspecified atom stereocenters. The van der Waals surface area contributed by atoms with E-state index in [-0.39, 0.29) is 6.10 Å². The Balaban J connectivity index is 1.25. The molecule has 0 saturated carbocycles. The highest BCUT2D eigenvalue weighted by molar-refractivity contribution is 7.99. The molecule has 3 nitrogen and oxygen atoms in total. The lowest BCUT2D eigenvalue weighted by Crippen LogP contribution is -2.33. The number of nitrogens with zero attached hydrogens (tertiary/aromatic N) is 1. The second-order valence-corrected chi connectivity index (χ2v) is 8.38. The number of ether oxygens (including phenoxy) is 2. The third kappa shape index (κ3) is 5.48. The highest BCUT2D eigenvalue weighted by Gasteiger charge is 2.16. The largest absolute Gasteiger partial charge is 0.492 e. The predicted molar refractivity (Wildman–Crippen MR) is 122 cm³/mol. The van der Waals surface area contributed by atoms with Gasteiger partial charge in [-0.25, -0.2) is 0 Å². The van der Waals surface area contributed by atoms with Crippen LogP contribution in [0.4, 0.5) is 5.69 Å². The standard InChI is InChI=1S/C25H27NO2S/c1-20(28-23-7-3-2-4-8-23)19-21-11-13-22(14-12-21)27-17-15-26-16-18-29-25-10-6-5-9-24(25)26/h2-14,20H,15-19H2,1H3. The van der Waals surface area contributed by atoms with E-state index < -0.39 is 0 Å². The van der Waals surface area contributed by atoms with Crippen LogP contribution in [0.25, 0.3) is 0 Å². The van der Waals surface area contributed by atoms with Crippen molar-refractivity contribution in [3.05, 3.63) is 84.4 Å². The molecule has 0 amide bonds. The molecule has 4 heteroatoms. The number of hydrogen-bond acceptors (Lipinski definition) is 4. The normalized spacial score (nSPS) is 14.2. The minimum absolute atomic E-state index is 0.126. The van der Waals surface area contributed by atoms with Crippen LogP contribution in [0.15, 0.2) is 83.8 Å². The lowest BCUT2D eigenvalue weighted by Gasteiger charge is -2.30. The van der Waals surface area contributed by atoms with Crippen molar-refractivity contribution < 1.29 is 9.47 Å². The topological polar surface area (TPSA) is 21.7 Å². The van der Waals surface area contributed by atoms with E-state index in [0.717, 1.165) is 36.8 Å². The molecule has 1 aliphatic heterocycles. The quantitative estimate of drug-likeness (QED) is 0.480. The first-order valence-electron chi connectivity index (χ1n) is 10.2. The number of rotatable bonds is 8. The first-order chi connectivity index (χ1) is 14.3. The smallest absolute Gasteiger partial charge is 0.119 e. The van der Waals surface area contributed by atoms with E-state index in [0.29, 0.717) is 6.61 Å². The molecule has 0 radical (unpaired) electrons. The number of fused-ring (bicyclic) bond motifs is 1. The van der Waals surface area contributed by atoms with E-state index in [1.807, 2.05) is 42.1 Å². The van der Waals surface area contributed by atoms with Gasteiger partial charge in [0, 0.05) is 23.6 Å². The van der Waals surface area contributed by atoms with Gasteiger partial charge in [0.05, 0.1) is 18.3 Å². The maximum atomic E-state index is 6.00. The van der Waals surface area contributed by atoms with E-state index in [4.69, 9.17) is 9.47 Å². The van der Waals surface area contributed by atoms with E-state index >= 15 is 0 Å². The molecule has 1 heterocycles. The zero-order valence-corrected chi connectivity index (χ0v) is 17.6. The first-order valence-corrected chi connectivity index (χ1v) is 11.2. The van der Waals surface area contributed by atoms with Crippen LogP contribution in [0.2, 0.25) is 0 Å². The van der Waals surface area contributed by atoms with Gasteiger partial charge in [0.15, 0.2) is 0 Å². The van der Waals surface area contributed by atoms with Crippen LogP contribution in [-0.2, 0) is 6.42 Å². The monoisotopic (exact) mass is 405 g/mol. The highest BCUT2D eigenvalue weighted by Crippen LogP contribution is 2.34. The van der Waals surface area contributed by atoms with Crippen LogP contribution in [-0.4, -0.2) is 31.6 Å². The summed E-state index contributed by atoms with van der Waals surface area (Å²) < 4.78 is 12.0. The average Bonchev–Trinajstić information content (AvgIpc) is 2.76. The molecule has 0 bridgehead atoms.